The average molecular weight is 267 g/mol. The van der Waals surface area contributed by atoms with E-state index in [1.54, 1.807) is 37.3 Å². The van der Waals surface area contributed by atoms with E-state index in [9.17, 15) is 14.7 Å². The van der Waals surface area contributed by atoms with Crippen molar-refractivity contribution in [3.63, 3.8) is 0 Å². The molecule has 0 aliphatic rings. The van der Waals surface area contributed by atoms with Gasteiger partial charge in [-0.1, -0.05) is 30.3 Å². The number of amides is 1. The molecule has 0 spiro atoms. The Morgan fingerprint density at radius 1 is 1.32 bits per heavy atom. The highest BCUT2D eigenvalue weighted by atomic mass is 16.6. The molecular weight excluding hydrogens is 250 g/mol. The van der Waals surface area contributed by atoms with E-state index in [4.69, 9.17) is 0 Å². The van der Waals surface area contributed by atoms with Crippen molar-refractivity contribution in [1.82, 2.24) is 5.32 Å². The normalized spacial score (nSPS) is 13.2. The maximum Gasteiger partial charge on any atom is 0.407 e. The molecule has 0 aromatic heterocycles. The highest BCUT2D eigenvalue weighted by Gasteiger charge is 2.30. The molecule has 0 aliphatic carbocycles. The molecule has 1 aromatic rings. The molecule has 0 bridgehead atoms. The molecule has 0 unspecified atom stereocenters. The third-order valence-corrected chi connectivity index (χ3v) is 2.46. The van der Waals surface area contributed by atoms with Gasteiger partial charge in [0.25, 0.3) is 0 Å². The second-order valence-corrected chi connectivity index (χ2v) is 3.72. The molecule has 1 amide bonds. The Morgan fingerprint density at radius 2 is 1.95 bits per heavy atom. The number of hydrogen-bond donors (Lipinski definition) is 2. The lowest BCUT2D eigenvalue weighted by molar-refractivity contribution is -0.146. The van der Waals surface area contributed by atoms with Crippen LogP contribution in [-0.2, 0) is 14.3 Å². The minimum atomic E-state index is -1.22. The number of hydrogen-bond acceptors (Lipinski definition) is 5. The lowest BCUT2D eigenvalue weighted by Crippen LogP contribution is -2.45. The molecule has 19 heavy (non-hydrogen) atoms. The highest BCUT2D eigenvalue weighted by molar-refractivity contribution is 5.82. The van der Waals surface area contributed by atoms with E-state index in [0.29, 0.717) is 5.56 Å². The number of methoxy groups -OCH3 is 1. The molecule has 0 saturated carbocycles. The van der Waals surface area contributed by atoms with Gasteiger partial charge in [-0.05, 0) is 12.5 Å². The summed E-state index contributed by atoms with van der Waals surface area (Å²) in [6.45, 7) is 1.81. The van der Waals surface area contributed by atoms with Gasteiger partial charge < -0.3 is 19.9 Å². The zero-order valence-electron chi connectivity index (χ0n) is 10.8. The molecule has 0 radical (unpaired) electrons. The van der Waals surface area contributed by atoms with Gasteiger partial charge in [0.05, 0.1) is 13.7 Å². The SMILES string of the molecule is CCOC(=O)N[C@H](C(=O)OC)[C@H](O)c1ccccc1. The summed E-state index contributed by atoms with van der Waals surface area (Å²) in [7, 11) is 1.18. The van der Waals surface area contributed by atoms with Gasteiger partial charge in [-0.3, -0.25) is 0 Å². The number of esters is 1. The predicted molar refractivity (Wildman–Crippen MR) is 67.4 cm³/mol. The largest absolute Gasteiger partial charge is 0.467 e. The topological polar surface area (TPSA) is 84.9 Å². The van der Waals surface area contributed by atoms with Gasteiger partial charge in [0.2, 0.25) is 0 Å². The van der Waals surface area contributed by atoms with Crippen LogP contribution in [0.3, 0.4) is 0 Å². The molecule has 0 heterocycles. The number of aliphatic hydroxyl groups is 1. The van der Waals surface area contributed by atoms with Crippen molar-refractivity contribution in [1.29, 1.82) is 0 Å². The Labute approximate surface area is 111 Å². The molecular formula is C13H17NO5. The molecule has 104 valence electrons. The molecule has 0 aliphatic heterocycles. The van der Waals surface area contributed by atoms with Gasteiger partial charge in [-0.15, -0.1) is 0 Å². The summed E-state index contributed by atoms with van der Waals surface area (Å²) in [5.41, 5.74) is 0.495. The van der Waals surface area contributed by atoms with Crippen LogP contribution in [0.15, 0.2) is 30.3 Å². The van der Waals surface area contributed by atoms with Gasteiger partial charge in [0, 0.05) is 0 Å². The van der Waals surface area contributed by atoms with E-state index in [0.717, 1.165) is 0 Å². The van der Waals surface area contributed by atoms with Gasteiger partial charge in [0.1, 0.15) is 6.10 Å². The maximum atomic E-state index is 11.6. The Kier molecular flexibility index (Phi) is 5.81. The minimum Gasteiger partial charge on any atom is -0.467 e. The summed E-state index contributed by atoms with van der Waals surface area (Å²) < 4.78 is 9.25. The Hall–Kier alpha value is -2.08. The minimum absolute atomic E-state index is 0.168. The van der Waals surface area contributed by atoms with Gasteiger partial charge in [-0.2, -0.15) is 0 Å². The number of benzene rings is 1. The summed E-state index contributed by atoms with van der Waals surface area (Å²) in [6.07, 6.45) is -1.99. The third kappa shape index (κ3) is 4.26. The molecule has 2 N–H and O–H groups in total. The van der Waals surface area contributed by atoms with Gasteiger partial charge >= 0.3 is 12.1 Å². The molecule has 6 heteroatoms. The van der Waals surface area contributed by atoms with Crippen molar-refractivity contribution in [2.24, 2.45) is 0 Å². The monoisotopic (exact) mass is 267 g/mol. The Bertz CT molecular complexity index is 420. The van der Waals surface area contributed by atoms with Crippen LogP contribution in [0.4, 0.5) is 4.79 Å². The second kappa shape index (κ2) is 7.38. The van der Waals surface area contributed by atoms with E-state index < -0.39 is 24.2 Å². The molecule has 1 aromatic carbocycles. The molecule has 1 rings (SSSR count). The molecule has 6 nitrogen and oxygen atoms in total. The molecule has 0 saturated heterocycles. The van der Waals surface area contributed by atoms with E-state index in [-0.39, 0.29) is 6.61 Å². The van der Waals surface area contributed by atoms with Crippen LogP contribution in [0.25, 0.3) is 0 Å². The smallest absolute Gasteiger partial charge is 0.407 e. The summed E-state index contributed by atoms with van der Waals surface area (Å²) in [5, 5.41) is 12.4. The maximum absolute atomic E-state index is 11.6. The van der Waals surface area contributed by atoms with Crippen LogP contribution in [-0.4, -0.2) is 36.9 Å². The van der Waals surface area contributed by atoms with E-state index in [1.165, 1.54) is 7.11 Å². The van der Waals surface area contributed by atoms with Crippen molar-refractivity contribution in [2.75, 3.05) is 13.7 Å². The zero-order valence-corrected chi connectivity index (χ0v) is 10.8. The number of alkyl carbamates (subject to hydrolysis) is 1. The lowest BCUT2D eigenvalue weighted by atomic mass is 10.0. The Balaban J connectivity index is 2.85. The highest BCUT2D eigenvalue weighted by Crippen LogP contribution is 2.17. The van der Waals surface area contributed by atoms with Crippen molar-refractivity contribution in [2.45, 2.75) is 19.1 Å². The van der Waals surface area contributed by atoms with Crippen molar-refractivity contribution >= 4 is 12.1 Å². The molecule has 0 fully saturated rings. The zero-order chi connectivity index (χ0) is 14.3. The first-order chi connectivity index (χ1) is 9.10. The lowest BCUT2D eigenvalue weighted by Gasteiger charge is -2.21. The number of nitrogens with one attached hydrogen (secondary N) is 1. The predicted octanol–water partition coefficient (Wildman–Crippen LogP) is 1.01. The quantitative estimate of drug-likeness (QED) is 0.778. The van der Waals surface area contributed by atoms with Crippen molar-refractivity contribution in [3.05, 3.63) is 35.9 Å². The first-order valence-electron chi connectivity index (χ1n) is 5.84. The fourth-order valence-corrected chi connectivity index (χ4v) is 1.54. The second-order valence-electron chi connectivity index (χ2n) is 3.72. The van der Waals surface area contributed by atoms with Crippen LogP contribution < -0.4 is 5.32 Å². The average Bonchev–Trinajstić information content (AvgIpc) is 2.44. The first kappa shape index (κ1) is 15.0. The number of carbonyl (C=O) groups is 2. The van der Waals surface area contributed by atoms with E-state index in [2.05, 4.69) is 14.8 Å². The fraction of sp³-hybridized carbons (Fsp3) is 0.385. The number of carbonyl (C=O) groups excluding carboxylic acids is 2. The number of rotatable bonds is 5. The fourth-order valence-electron chi connectivity index (χ4n) is 1.54. The summed E-state index contributed by atoms with van der Waals surface area (Å²) in [4.78, 5) is 23.0. The van der Waals surface area contributed by atoms with Crippen LogP contribution in [0.2, 0.25) is 0 Å². The molecule has 2 atom stereocenters. The van der Waals surface area contributed by atoms with E-state index >= 15 is 0 Å². The van der Waals surface area contributed by atoms with Crippen LogP contribution in [0.5, 0.6) is 0 Å². The van der Waals surface area contributed by atoms with Crippen LogP contribution in [0, 0.1) is 0 Å². The van der Waals surface area contributed by atoms with E-state index in [1.807, 2.05) is 0 Å². The summed E-state index contributed by atoms with van der Waals surface area (Å²) in [5.74, 6) is -0.746. The van der Waals surface area contributed by atoms with Gasteiger partial charge in [-0.25, -0.2) is 9.59 Å². The van der Waals surface area contributed by atoms with Gasteiger partial charge in [0.15, 0.2) is 6.04 Å². The van der Waals surface area contributed by atoms with Crippen LogP contribution in [0.1, 0.15) is 18.6 Å². The number of ether oxygens (including phenoxy) is 2. The van der Waals surface area contributed by atoms with Crippen LogP contribution >= 0.6 is 0 Å². The summed E-state index contributed by atoms with van der Waals surface area (Å²) >= 11 is 0. The van der Waals surface area contributed by atoms with Crippen molar-refractivity contribution < 1.29 is 24.2 Å². The summed E-state index contributed by atoms with van der Waals surface area (Å²) in [6, 6.07) is 7.30. The Morgan fingerprint density at radius 3 is 2.47 bits per heavy atom. The first-order valence-corrected chi connectivity index (χ1v) is 5.84. The number of aliphatic hydroxyl groups excluding tert-OH is 1. The third-order valence-electron chi connectivity index (χ3n) is 2.46. The standard InChI is InChI=1S/C13H17NO5/c1-3-19-13(17)14-10(12(16)18-2)11(15)9-7-5-4-6-8-9/h4-8,10-11,15H,3H2,1-2H3,(H,14,17)/t10-,11+/m0/s1. The van der Waals surface area contributed by atoms with Crippen molar-refractivity contribution in [3.8, 4) is 0 Å².